The van der Waals surface area contributed by atoms with Gasteiger partial charge in [0.2, 0.25) is 0 Å². The number of methoxy groups -OCH3 is 1. The summed E-state index contributed by atoms with van der Waals surface area (Å²) in [5.41, 5.74) is 1.36. The van der Waals surface area contributed by atoms with Gasteiger partial charge in [0.25, 0.3) is 0 Å². The first-order chi connectivity index (χ1) is 8.26. The van der Waals surface area contributed by atoms with E-state index in [0.717, 1.165) is 12.8 Å². The molecule has 0 fully saturated rings. The topological polar surface area (TPSA) is 41.5 Å². The number of aliphatic hydroxyl groups is 1. The summed E-state index contributed by atoms with van der Waals surface area (Å²) in [4.78, 5) is 0. The molecule has 3 nitrogen and oxygen atoms in total. The molecule has 1 aromatic carbocycles. The Bertz CT molecular complexity index is 290. The molecule has 0 spiro atoms. The van der Waals surface area contributed by atoms with Crippen LogP contribution in [-0.4, -0.2) is 37.5 Å². The summed E-state index contributed by atoms with van der Waals surface area (Å²) in [6.07, 6.45) is 2.12. The number of hydrogen-bond donors (Lipinski definition) is 2. The lowest BCUT2D eigenvalue weighted by Crippen LogP contribution is -2.42. The lowest BCUT2D eigenvalue weighted by atomic mass is 10.1. The first-order valence-corrected chi connectivity index (χ1v) is 6.16. The number of benzene rings is 1. The van der Waals surface area contributed by atoms with Gasteiger partial charge in [-0.25, -0.2) is 0 Å². The van der Waals surface area contributed by atoms with E-state index in [-0.39, 0.29) is 12.6 Å². The van der Waals surface area contributed by atoms with Crippen LogP contribution in [0.4, 0.5) is 0 Å². The fraction of sp³-hybridized carbons (Fsp3) is 0.571. The van der Waals surface area contributed by atoms with E-state index in [4.69, 9.17) is 9.84 Å². The molecule has 0 aliphatic rings. The van der Waals surface area contributed by atoms with E-state index in [1.807, 2.05) is 6.07 Å². The van der Waals surface area contributed by atoms with Gasteiger partial charge >= 0.3 is 0 Å². The quantitative estimate of drug-likeness (QED) is 0.721. The van der Waals surface area contributed by atoms with Crippen molar-refractivity contribution in [3.05, 3.63) is 35.9 Å². The summed E-state index contributed by atoms with van der Waals surface area (Å²) in [6.45, 7) is 2.80. The molecule has 17 heavy (non-hydrogen) atoms. The third kappa shape index (κ3) is 5.82. The highest BCUT2D eigenvalue weighted by molar-refractivity contribution is 5.14. The SMILES string of the molecule is COCC(CO)NC(C)CCc1ccccc1. The van der Waals surface area contributed by atoms with Crippen LogP contribution >= 0.6 is 0 Å². The van der Waals surface area contributed by atoms with Gasteiger partial charge in [0.15, 0.2) is 0 Å². The van der Waals surface area contributed by atoms with Crippen LogP contribution in [0.15, 0.2) is 30.3 Å². The van der Waals surface area contributed by atoms with Crippen LogP contribution in [-0.2, 0) is 11.2 Å². The van der Waals surface area contributed by atoms with E-state index >= 15 is 0 Å². The number of rotatable bonds is 8. The van der Waals surface area contributed by atoms with Gasteiger partial charge in [0.1, 0.15) is 0 Å². The van der Waals surface area contributed by atoms with Gasteiger partial charge in [-0.2, -0.15) is 0 Å². The lowest BCUT2D eigenvalue weighted by Gasteiger charge is -2.21. The normalized spacial score (nSPS) is 14.5. The van der Waals surface area contributed by atoms with Gasteiger partial charge in [-0.3, -0.25) is 0 Å². The molecule has 1 aromatic rings. The minimum absolute atomic E-state index is 0.0331. The fourth-order valence-electron chi connectivity index (χ4n) is 1.87. The Balaban J connectivity index is 2.27. The van der Waals surface area contributed by atoms with Crippen LogP contribution in [0.1, 0.15) is 18.9 Å². The van der Waals surface area contributed by atoms with Crippen molar-refractivity contribution >= 4 is 0 Å². The molecule has 3 heteroatoms. The van der Waals surface area contributed by atoms with E-state index in [9.17, 15) is 0 Å². The van der Waals surface area contributed by atoms with Crippen LogP contribution in [0.2, 0.25) is 0 Å². The Morgan fingerprint density at radius 3 is 2.59 bits per heavy atom. The third-order valence-electron chi connectivity index (χ3n) is 2.82. The maximum Gasteiger partial charge on any atom is 0.0638 e. The number of ether oxygens (including phenoxy) is 1. The summed E-state index contributed by atoms with van der Waals surface area (Å²) < 4.78 is 5.04. The van der Waals surface area contributed by atoms with E-state index in [1.54, 1.807) is 7.11 Å². The Morgan fingerprint density at radius 2 is 2.00 bits per heavy atom. The summed E-state index contributed by atoms with van der Waals surface area (Å²) in [5, 5.41) is 12.5. The van der Waals surface area contributed by atoms with E-state index in [1.165, 1.54) is 5.56 Å². The maximum absolute atomic E-state index is 9.15. The van der Waals surface area contributed by atoms with Crippen molar-refractivity contribution in [2.45, 2.75) is 31.8 Å². The summed E-state index contributed by atoms with van der Waals surface area (Å²) in [7, 11) is 1.65. The number of aliphatic hydroxyl groups excluding tert-OH is 1. The van der Waals surface area contributed by atoms with Crippen LogP contribution in [0.25, 0.3) is 0 Å². The number of nitrogens with one attached hydrogen (secondary N) is 1. The van der Waals surface area contributed by atoms with Crippen LogP contribution in [0, 0.1) is 0 Å². The molecule has 0 amide bonds. The van der Waals surface area contributed by atoms with E-state index < -0.39 is 0 Å². The van der Waals surface area contributed by atoms with Gasteiger partial charge in [0, 0.05) is 13.2 Å². The van der Waals surface area contributed by atoms with Crippen molar-refractivity contribution in [3.63, 3.8) is 0 Å². The van der Waals surface area contributed by atoms with Gasteiger partial charge in [-0.1, -0.05) is 30.3 Å². The monoisotopic (exact) mass is 237 g/mol. The zero-order valence-corrected chi connectivity index (χ0v) is 10.7. The van der Waals surface area contributed by atoms with Crippen LogP contribution < -0.4 is 5.32 Å². The second kappa shape index (κ2) is 8.23. The zero-order chi connectivity index (χ0) is 12.5. The average molecular weight is 237 g/mol. The summed E-state index contributed by atoms with van der Waals surface area (Å²) in [5.74, 6) is 0. The molecule has 0 heterocycles. The first-order valence-electron chi connectivity index (χ1n) is 6.16. The minimum atomic E-state index is 0.0331. The molecular formula is C14H23NO2. The molecule has 0 saturated carbocycles. The standard InChI is InChI=1S/C14H23NO2/c1-12(15-14(10-16)11-17-2)8-9-13-6-4-3-5-7-13/h3-7,12,14-16H,8-11H2,1-2H3. The van der Waals surface area contributed by atoms with Gasteiger partial charge in [-0.15, -0.1) is 0 Å². The molecule has 0 aromatic heterocycles. The van der Waals surface area contributed by atoms with Crippen molar-refractivity contribution in [1.29, 1.82) is 0 Å². The second-order valence-corrected chi connectivity index (χ2v) is 4.43. The number of aryl methyl sites for hydroxylation is 1. The predicted molar refractivity (Wildman–Crippen MR) is 70.1 cm³/mol. The Labute approximate surface area is 104 Å². The van der Waals surface area contributed by atoms with Crippen molar-refractivity contribution in [3.8, 4) is 0 Å². The summed E-state index contributed by atoms with van der Waals surface area (Å²) >= 11 is 0. The predicted octanol–water partition coefficient (Wildman–Crippen LogP) is 1.60. The molecular weight excluding hydrogens is 214 g/mol. The zero-order valence-electron chi connectivity index (χ0n) is 10.7. The molecule has 2 atom stereocenters. The van der Waals surface area contributed by atoms with Crippen molar-refractivity contribution in [2.75, 3.05) is 20.3 Å². The largest absolute Gasteiger partial charge is 0.395 e. The van der Waals surface area contributed by atoms with Crippen molar-refractivity contribution < 1.29 is 9.84 Å². The first kappa shape index (κ1) is 14.2. The molecule has 96 valence electrons. The maximum atomic E-state index is 9.15. The molecule has 0 bridgehead atoms. The van der Waals surface area contributed by atoms with Crippen molar-refractivity contribution in [1.82, 2.24) is 5.32 Å². The molecule has 1 rings (SSSR count). The van der Waals surface area contributed by atoms with Gasteiger partial charge in [0.05, 0.1) is 19.3 Å². The third-order valence-corrected chi connectivity index (χ3v) is 2.82. The molecule has 0 radical (unpaired) electrons. The summed E-state index contributed by atoms with van der Waals surface area (Å²) in [6, 6.07) is 10.9. The Kier molecular flexibility index (Phi) is 6.86. The average Bonchev–Trinajstić information content (AvgIpc) is 2.37. The van der Waals surface area contributed by atoms with E-state index in [2.05, 4.69) is 36.5 Å². The van der Waals surface area contributed by atoms with E-state index in [0.29, 0.717) is 12.6 Å². The molecule has 2 N–H and O–H groups in total. The van der Waals surface area contributed by atoms with Gasteiger partial charge in [-0.05, 0) is 25.3 Å². The second-order valence-electron chi connectivity index (χ2n) is 4.43. The highest BCUT2D eigenvalue weighted by Gasteiger charge is 2.10. The molecule has 0 aliphatic carbocycles. The highest BCUT2D eigenvalue weighted by Crippen LogP contribution is 2.05. The van der Waals surface area contributed by atoms with Crippen LogP contribution in [0.3, 0.4) is 0 Å². The van der Waals surface area contributed by atoms with Crippen molar-refractivity contribution in [2.24, 2.45) is 0 Å². The molecule has 0 saturated heterocycles. The molecule has 2 unspecified atom stereocenters. The fourth-order valence-corrected chi connectivity index (χ4v) is 1.87. The Morgan fingerprint density at radius 1 is 1.29 bits per heavy atom. The number of hydrogen-bond acceptors (Lipinski definition) is 3. The van der Waals surface area contributed by atoms with Crippen LogP contribution in [0.5, 0.6) is 0 Å². The molecule has 0 aliphatic heterocycles. The highest BCUT2D eigenvalue weighted by atomic mass is 16.5. The minimum Gasteiger partial charge on any atom is -0.395 e. The lowest BCUT2D eigenvalue weighted by molar-refractivity contribution is 0.122. The Hall–Kier alpha value is -0.900. The van der Waals surface area contributed by atoms with Gasteiger partial charge < -0.3 is 15.2 Å². The smallest absolute Gasteiger partial charge is 0.0638 e.